The van der Waals surface area contributed by atoms with Crippen molar-refractivity contribution in [3.63, 3.8) is 0 Å². The lowest BCUT2D eigenvalue weighted by Crippen LogP contribution is -2.24. The summed E-state index contributed by atoms with van der Waals surface area (Å²) >= 11 is 0. The van der Waals surface area contributed by atoms with Crippen LogP contribution in [0.4, 0.5) is 11.4 Å². The monoisotopic (exact) mass is 293 g/mol. The van der Waals surface area contributed by atoms with Crippen molar-refractivity contribution < 1.29 is 19.2 Å². The zero-order chi connectivity index (χ0) is 15.4. The average Bonchev–Trinajstić information content (AvgIpc) is 2.84. The van der Waals surface area contributed by atoms with E-state index in [1.165, 1.54) is 12.1 Å². The second kappa shape index (κ2) is 5.99. The van der Waals surface area contributed by atoms with E-state index in [1.54, 1.807) is 0 Å². The number of nitrogens with zero attached hydrogens (tertiary/aromatic N) is 4. The summed E-state index contributed by atoms with van der Waals surface area (Å²) in [5, 5.41) is 21.6. The number of ether oxygens (including phenoxy) is 1. The van der Waals surface area contributed by atoms with E-state index < -0.39 is 15.5 Å². The van der Waals surface area contributed by atoms with Crippen LogP contribution < -0.4 is 9.30 Å². The highest BCUT2D eigenvalue weighted by atomic mass is 16.6. The van der Waals surface area contributed by atoms with Crippen molar-refractivity contribution in [2.45, 2.75) is 6.54 Å². The van der Waals surface area contributed by atoms with Crippen LogP contribution in [0, 0.1) is 20.2 Å². The van der Waals surface area contributed by atoms with Gasteiger partial charge in [0.05, 0.1) is 23.0 Å². The fraction of sp³-hybridized carbons (Fsp3) is 0.250. The molecule has 110 valence electrons. The summed E-state index contributed by atoms with van der Waals surface area (Å²) in [6, 6.07) is 3.31. The molecule has 1 aromatic carbocycles. The first-order valence-corrected chi connectivity index (χ1v) is 6.04. The fourth-order valence-corrected chi connectivity index (χ4v) is 1.78. The molecule has 0 amide bonds. The molecule has 0 N–H and O–H groups in total. The molecule has 0 saturated carbocycles. The van der Waals surface area contributed by atoms with Crippen molar-refractivity contribution in [1.82, 2.24) is 4.57 Å². The molecule has 1 aromatic heterocycles. The van der Waals surface area contributed by atoms with Gasteiger partial charge in [0, 0.05) is 6.07 Å². The number of hydrogen-bond acceptors (Lipinski definition) is 5. The van der Waals surface area contributed by atoms with E-state index in [1.807, 2.05) is 34.9 Å². The number of hydrogen-bond donors (Lipinski definition) is 0. The third kappa shape index (κ3) is 3.53. The molecule has 2 rings (SSSR count). The van der Waals surface area contributed by atoms with Gasteiger partial charge in [0.1, 0.15) is 25.5 Å². The Labute approximate surface area is 119 Å². The topological polar surface area (TPSA) is 104 Å². The fourth-order valence-electron chi connectivity index (χ4n) is 1.78. The minimum atomic E-state index is -0.696. The van der Waals surface area contributed by atoms with Gasteiger partial charge in [-0.1, -0.05) is 0 Å². The number of aryl methyl sites for hydroxylation is 1. The number of benzene rings is 1. The SMILES string of the molecule is C[n+]1ccn(CCOc2ccc([N+](=O)[O-])cc2[N+](=O)[O-])c1. The maximum Gasteiger partial charge on any atom is 0.317 e. The quantitative estimate of drug-likeness (QED) is 0.452. The number of imidazole rings is 1. The molecule has 0 radical (unpaired) electrons. The molecule has 0 bridgehead atoms. The van der Waals surface area contributed by atoms with Crippen LogP contribution >= 0.6 is 0 Å². The molecule has 1 heterocycles. The molecule has 0 unspecified atom stereocenters. The Bertz CT molecular complexity index is 682. The number of nitro groups is 2. The van der Waals surface area contributed by atoms with Gasteiger partial charge in [-0.05, 0) is 6.07 Å². The minimum Gasteiger partial charge on any atom is -0.483 e. The summed E-state index contributed by atoms with van der Waals surface area (Å²) in [6.45, 7) is 0.725. The first kappa shape index (κ1) is 14.4. The third-order valence-corrected chi connectivity index (χ3v) is 2.78. The highest BCUT2D eigenvalue weighted by molar-refractivity contribution is 5.53. The van der Waals surface area contributed by atoms with E-state index in [2.05, 4.69) is 0 Å². The summed E-state index contributed by atoms with van der Waals surface area (Å²) in [7, 11) is 1.87. The maximum absolute atomic E-state index is 10.9. The highest BCUT2D eigenvalue weighted by Crippen LogP contribution is 2.30. The second-order valence-electron chi connectivity index (χ2n) is 4.33. The number of nitro benzene ring substituents is 2. The summed E-state index contributed by atoms with van der Waals surface area (Å²) < 4.78 is 9.07. The van der Waals surface area contributed by atoms with Crippen LogP contribution in [0.5, 0.6) is 5.75 Å². The number of non-ortho nitro benzene ring substituents is 1. The van der Waals surface area contributed by atoms with Gasteiger partial charge in [-0.2, -0.15) is 0 Å². The van der Waals surface area contributed by atoms with Crippen LogP contribution in [0.25, 0.3) is 0 Å². The molecule has 9 nitrogen and oxygen atoms in total. The van der Waals surface area contributed by atoms with Crippen molar-refractivity contribution in [2.24, 2.45) is 7.05 Å². The Balaban J connectivity index is 2.08. The molecule has 0 aliphatic carbocycles. The lowest BCUT2D eigenvalue weighted by molar-refractivity contribution is -0.671. The Hall–Kier alpha value is -2.97. The van der Waals surface area contributed by atoms with Crippen LogP contribution in [0.3, 0.4) is 0 Å². The van der Waals surface area contributed by atoms with Crippen LogP contribution in [0.2, 0.25) is 0 Å². The van der Waals surface area contributed by atoms with Gasteiger partial charge >= 0.3 is 5.69 Å². The number of aromatic nitrogens is 2. The summed E-state index contributed by atoms with van der Waals surface area (Å²) in [5.74, 6) is 0.0159. The Morgan fingerprint density at radius 2 is 2.05 bits per heavy atom. The molecule has 2 aromatic rings. The molecule has 9 heteroatoms. The first-order valence-electron chi connectivity index (χ1n) is 6.04. The lowest BCUT2D eigenvalue weighted by atomic mass is 10.2. The molecular formula is C12H13N4O5+. The van der Waals surface area contributed by atoms with E-state index in [9.17, 15) is 20.2 Å². The van der Waals surface area contributed by atoms with Gasteiger partial charge in [0.15, 0.2) is 5.75 Å². The molecule has 0 aliphatic rings. The predicted molar refractivity (Wildman–Crippen MR) is 70.9 cm³/mol. The molecule has 0 atom stereocenters. The zero-order valence-corrected chi connectivity index (χ0v) is 11.2. The second-order valence-corrected chi connectivity index (χ2v) is 4.33. The van der Waals surface area contributed by atoms with Crippen molar-refractivity contribution in [2.75, 3.05) is 6.61 Å². The maximum atomic E-state index is 10.9. The van der Waals surface area contributed by atoms with E-state index in [4.69, 9.17) is 4.74 Å². The van der Waals surface area contributed by atoms with Gasteiger partial charge in [-0.25, -0.2) is 9.13 Å². The predicted octanol–water partition coefficient (Wildman–Crippen LogP) is 1.21. The normalized spacial score (nSPS) is 10.3. The van der Waals surface area contributed by atoms with E-state index in [0.29, 0.717) is 6.54 Å². The standard InChI is InChI=1S/C12H13N4O5/c1-13-4-5-14(9-13)6-7-21-12-3-2-10(15(17)18)8-11(12)16(19)20/h2-5,8-9H,6-7H2,1H3/q+1. The van der Waals surface area contributed by atoms with Crippen LogP contribution in [0.15, 0.2) is 36.9 Å². The van der Waals surface area contributed by atoms with Gasteiger partial charge in [-0.3, -0.25) is 20.2 Å². The van der Waals surface area contributed by atoms with E-state index in [0.717, 1.165) is 6.07 Å². The Morgan fingerprint density at radius 1 is 1.29 bits per heavy atom. The third-order valence-electron chi connectivity index (χ3n) is 2.78. The first-order chi connectivity index (χ1) is 9.97. The molecule has 0 fully saturated rings. The van der Waals surface area contributed by atoms with Crippen LogP contribution in [0.1, 0.15) is 0 Å². The Kier molecular flexibility index (Phi) is 4.12. The zero-order valence-electron chi connectivity index (χ0n) is 11.2. The Morgan fingerprint density at radius 3 is 2.62 bits per heavy atom. The molecule has 0 spiro atoms. The molecule has 0 saturated heterocycles. The van der Waals surface area contributed by atoms with Gasteiger partial charge in [0.25, 0.3) is 5.69 Å². The highest BCUT2D eigenvalue weighted by Gasteiger charge is 2.20. The van der Waals surface area contributed by atoms with Crippen molar-refractivity contribution >= 4 is 11.4 Å². The van der Waals surface area contributed by atoms with E-state index >= 15 is 0 Å². The molecule has 0 aliphatic heterocycles. The van der Waals surface area contributed by atoms with Crippen molar-refractivity contribution in [3.8, 4) is 5.75 Å². The van der Waals surface area contributed by atoms with E-state index in [-0.39, 0.29) is 18.0 Å². The minimum absolute atomic E-state index is 0.0159. The average molecular weight is 293 g/mol. The van der Waals surface area contributed by atoms with Gasteiger partial charge in [0.2, 0.25) is 6.33 Å². The summed E-state index contributed by atoms with van der Waals surface area (Å²) in [5.41, 5.74) is -0.756. The van der Waals surface area contributed by atoms with Crippen LogP contribution in [-0.2, 0) is 13.6 Å². The van der Waals surface area contributed by atoms with Crippen molar-refractivity contribution in [1.29, 1.82) is 0 Å². The largest absolute Gasteiger partial charge is 0.483 e. The molecule has 21 heavy (non-hydrogen) atoms. The van der Waals surface area contributed by atoms with Crippen molar-refractivity contribution in [3.05, 3.63) is 57.1 Å². The summed E-state index contributed by atoms with van der Waals surface area (Å²) in [6.07, 6.45) is 5.54. The lowest BCUT2D eigenvalue weighted by Gasteiger charge is -2.05. The van der Waals surface area contributed by atoms with Crippen LogP contribution in [-0.4, -0.2) is 21.0 Å². The van der Waals surface area contributed by atoms with Gasteiger partial charge < -0.3 is 4.74 Å². The van der Waals surface area contributed by atoms with Gasteiger partial charge in [-0.15, -0.1) is 0 Å². The number of rotatable bonds is 6. The smallest absolute Gasteiger partial charge is 0.317 e. The molecular weight excluding hydrogens is 280 g/mol. The summed E-state index contributed by atoms with van der Waals surface area (Å²) in [4.78, 5) is 20.2.